The minimum Gasteiger partial charge on any atom is -0.481 e. The van der Waals surface area contributed by atoms with E-state index in [0.29, 0.717) is 12.8 Å². The first-order chi connectivity index (χ1) is 9.95. The molecule has 2 atom stereocenters. The molecule has 5 nitrogen and oxygen atoms in total. The quantitative estimate of drug-likeness (QED) is 0.544. The van der Waals surface area contributed by atoms with Gasteiger partial charge in [-0.2, -0.15) is 0 Å². The summed E-state index contributed by atoms with van der Waals surface area (Å²) < 4.78 is 0. The lowest BCUT2D eigenvalue weighted by Gasteiger charge is -2.19. The molecule has 0 fully saturated rings. The molecule has 0 aromatic carbocycles. The molecule has 0 aliphatic rings. The number of carboxylic acid groups (broad SMARTS) is 2. The van der Waals surface area contributed by atoms with Gasteiger partial charge in [-0.3, -0.25) is 9.59 Å². The van der Waals surface area contributed by atoms with Crippen molar-refractivity contribution in [3.05, 3.63) is 0 Å². The van der Waals surface area contributed by atoms with E-state index in [2.05, 4.69) is 19.2 Å². The molecule has 0 aromatic rings. The van der Waals surface area contributed by atoms with Crippen LogP contribution in [0.15, 0.2) is 0 Å². The van der Waals surface area contributed by atoms with Gasteiger partial charge in [-0.1, -0.05) is 53.4 Å². The fourth-order valence-corrected chi connectivity index (χ4v) is 2.09. The van der Waals surface area contributed by atoms with Crippen molar-refractivity contribution in [1.82, 2.24) is 5.32 Å². The predicted octanol–water partition coefficient (Wildman–Crippen LogP) is 3.38. The van der Waals surface area contributed by atoms with Crippen LogP contribution < -0.4 is 5.32 Å². The number of hydrogen-bond acceptors (Lipinski definition) is 3. The summed E-state index contributed by atoms with van der Waals surface area (Å²) in [6.45, 7) is 10.3. The molecule has 0 aromatic heterocycles. The Kier molecular flexibility index (Phi) is 16.2. The number of aliphatic carboxylic acids is 2. The van der Waals surface area contributed by atoms with Gasteiger partial charge in [-0.25, -0.2) is 0 Å². The van der Waals surface area contributed by atoms with Crippen molar-refractivity contribution in [3.8, 4) is 0 Å². The van der Waals surface area contributed by atoms with Gasteiger partial charge in [0.25, 0.3) is 0 Å². The van der Waals surface area contributed by atoms with E-state index in [-0.39, 0.29) is 0 Å². The molecule has 0 saturated carbocycles. The van der Waals surface area contributed by atoms with Crippen LogP contribution in [0.1, 0.15) is 66.2 Å². The van der Waals surface area contributed by atoms with Crippen molar-refractivity contribution >= 4 is 11.9 Å². The van der Waals surface area contributed by atoms with Crippen LogP contribution in [-0.4, -0.2) is 35.2 Å². The Bertz CT molecular complexity index is 243. The number of unbranched alkanes of at least 4 members (excludes halogenated alkanes) is 2. The molecule has 5 heteroatoms. The van der Waals surface area contributed by atoms with Crippen molar-refractivity contribution < 1.29 is 19.8 Å². The molecule has 0 amide bonds. The number of carboxylic acids is 2. The smallest absolute Gasteiger partial charge is 0.307 e. The largest absolute Gasteiger partial charge is 0.481 e. The Hall–Kier alpha value is -1.10. The summed E-state index contributed by atoms with van der Waals surface area (Å²) in [5.74, 6) is -3.41. The number of nitrogens with one attached hydrogen (secondary N) is 1. The highest BCUT2D eigenvalue weighted by molar-refractivity contribution is 5.79. The molecule has 0 heterocycles. The van der Waals surface area contributed by atoms with Crippen LogP contribution in [0.25, 0.3) is 0 Å². The van der Waals surface area contributed by atoms with Gasteiger partial charge in [0, 0.05) is 0 Å². The molecule has 126 valence electrons. The van der Waals surface area contributed by atoms with Gasteiger partial charge in [0.1, 0.15) is 0 Å². The van der Waals surface area contributed by atoms with Gasteiger partial charge in [-0.15, -0.1) is 0 Å². The Morgan fingerprint density at radius 1 is 0.810 bits per heavy atom. The van der Waals surface area contributed by atoms with E-state index in [9.17, 15) is 9.59 Å². The van der Waals surface area contributed by atoms with E-state index in [1.165, 1.54) is 0 Å². The molecule has 0 spiro atoms. The average molecular weight is 303 g/mol. The Balaban J connectivity index is 0. The second kappa shape index (κ2) is 15.3. The topological polar surface area (TPSA) is 86.6 Å². The summed E-state index contributed by atoms with van der Waals surface area (Å²) in [7, 11) is 0. The number of carbonyl (C=O) groups is 2. The van der Waals surface area contributed by atoms with E-state index >= 15 is 0 Å². The third-order valence-corrected chi connectivity index (χ3v) is 3.36. The molecule has 0 aliphatic carbocycles. The first kappa shape index (κ1) is 22.2. The first-order valence-corrected chi connectivity index (χ1v) is 8.12. The second-order valence-electron chi connectivity index (χ2n) is 5.13. The van der Waals surface area contributed by atoms with Crippen LogP contribution in [0.3, 0.4) is 0 Å². The summed E-state index contributed by atoms with van der Waals surface area (Å²) in [6, 6.07) is 0. The minimum atomic E-state index is -0.975. The normalized spacial score (nSPS) is 13.0. The van der Waals surface area contributed by atoms with Gasteiger partial charge in [0.05, 0.1) is 11.8 Å². The van der Waals surface area contributed by atoms with Crippen molar-refractivity contribution in [2.24, 2.45) is 11.8 Å². The highest BCUT2D eigenvalue weighted by Crippen LogP contribution is 2.24. The molecule has 3 N–H and O–H groups in total. The molecular formula is C16H33NO4. The van der Waals surface area contributed by atoms with Crippen molar-refractivity contribution in [3.63, 3.8) is 0 Å². The second-order valence-corrected chi connectivity index (χ2v) is 5.13. The zero-order valence-corrected chi connectivity index (χ0v) is 14.0. The van der Waals surface area contributed by atoms with E-state index < -0.39 is 23.8 Å². The van der Waals surface area contributed by atoms with Crippen LogP contribution in [0, 0.1) is 11.8 Å². The molecule has 0 radical (unpaired) electrons. The lowest BCUT2D eigenvalue weighted by Crippen LogP contribution is -2.29. The Morgan fingerprint density at radius 3 is 1.29 bits per heavy atom. The van der Waals surface area contributed by atoms with Crippen LogP contribution in [-0.2, 0) is 9.59 Å². The maximum atomic E-state index is 11.1. The van der Waals surface area contributed by atoms with Crippen LogP contribution in [0.5, 0.6) is 0 Å². The zero-order chi connectivity index (χ0) is 16.7. The first-order valence-electron chi connectivity index (χ1n) is 8.12. The molecule has 0 aliphatic heterocycles. The Labute approximate surface area is 129 Å². The van der Waals surface area contributed by atoms with E-state index in [4.69, 9.17) is 10.2 Å². The maximum Gasteiger partial charge on any atom is 0.307 e. The van der Waals surface area contributed by atoms with Gasteiger partial charge >= 0.3 is 11.9 Å². The maximum absolute atomic E-state index is 11.1. The molecule has 0 saturated heterocycles. The standard InChI is InChI=1S/C12H22O4.C4H11N/c1-3-5-7-9(11(13)14)10(12(15)16)8-6-4-2;1-3-5-4-2/h9-10H,3-8H2,1-2H3,(H,13,14)(H,15,16);5H,3-4H2,1-2H3. The average Bonchev–Trinajstić information content (AvgIpc) is 2.43. The molecule has 21 heavy (non-hydrogen) atoms. The minimum absolute atomic E-state index is 0.465. The van der Waals surface area contributed by atoms with Gasteiger partial charge in [0.15, 0.2) is 0 Å². The lowest BCUT2D eigenvalue weighted by atomic mass is 9.84. The fraction of sp³-hybridized carbons (Fsp3) is 0.875. The van der Waals surface area contributed by atoms with Crippen LogP contribution in [0.4, 0.5) is 0 Å². The van der Waals surface area contributed by atoms with E-state index in [1.54, 1.807) is 0 Å². The van der Waals surface area contributed by atoms with Gasteiger partial charge in [0.2, 0.25) is 0 Å². The summed E-state index contributed by atoms with van der Waals surface area (Å²) in [5.41, 5.74) is 0. The predicted molar refractivity (Wildman–Crippen MR) is 85.5 cm³/mol. The molecule has 0 rings (SSSR count). The third-order valence-electron chi connectivity index (χ3n) is 3.36. The van der Waals surface area contributed by atoms with Crippen LogP contribution >= 0.6 is 0 Å². The monoisotopic (exact) mass is 303 g/mol. The van der Waals surface area contributed by atoms with Crippen molar-refractivity contribution in [2.75, 3.05) is 13.1 Å². The lowest BCUT2D eigenvalue weighted by molar-refractivity contribution is -0.154. The van der Waals surface area contributed by atoms with E-state index in [1.807, 2.05) is 13.8 Å². The third kappa shape index (κ3) is 12.4. The molecule has 0 bridgehead atoms. The summed E-state index contributed by atoms with van der Waals surface area (Å²) in [5, 5.41) is 21.2. The Morgan fingerprint density at radius 2 is 1.14 bits per heavy atom. The highest BCUT2D eigenvalue weighted by Gasteiger charge is 2.32. The van der Waals surface area contributed by atoms with Crippen molar-refractivity contribution in [1.29, 1.82) is 0 Å². The number of rotatable bonds is 11. The summed E-state index contributed by atoms with van der Waals surface area (Å²) in [4.78, 5) is 22.1. The summed E-state index contributed by atoms with van der Waals surface area (Å²) in [6.07, 6.45) is 4.26. The van der Waals surface area contributed by atoms with Gasteiger partial charge in [-0.05, 0) is 25.9 Å². The SMILES string of the molecule is CCCCC(C(=O)O)C(CCCC)C(=O)O.CCNCC. The fourth-order valence-electron chi connectivity index (χ4n) is 2.09. The van der Waals surface area contributed by atoms with Crippen LogP contribution in [0.2, 0.25) is 0 Å². The zero-order valence-electron chi connectivity index (χ0n) is 14.0. The molecular weight excluding hydrogens is 270 g/mol. The van der Waals surface area contributed by atoms with Gasteiger partial charge < -0.3 is 15.5 Å². The summed E-state index contributed by atoms with van der Waals surface area (Å²) >= 11 is 0. The number of hydrogen-bond donors (Lipinski definition) is 3. The van der Waals surface area contributed by atoms with E-state index in [0.717, 1.165) is 38.8 Å². The van der Waals surface area contributed by atoms with Crippen molar-refractivity contribution in [2.45, 2.75) is 66.2 Å². The highest BCUT2D eigenvalue weighted by atomic mass is 16.4. The molecule has 2 unspecified atom stereocenters.